The number of anilines is 2. The molecule has 1 aliphatic heterocycles. The van der Waals surface area contributed by atoms with Crippen molar-refractivity contribution in [3.8, 4) is 11.4 Å². The highest BCUT2D eigenvalue weighted by Gasteiger charge is 2.30. The Hall–Kier alpha value is -4.15. The van der Waals surface area contributed by atoms with E-state index in [0.717, 1.165) is 22.6 Å². The van der Waals surface area contributed by atoms with Gasteiger partial charge in [0, 0.05) is 62.0 Å². The molecule has 0 saturated carbocycles. The highest BCUT2D eigenvalue weighted by molar-refractivity contribution is 7.89. The van der Waals surface area contributed by atoms with Gasteiger partial charge in [-0.25, -0.2) is 22.8 Å². The molecule has 1 fully saturated rings. The van der Waals surface area contributed by atoms with Crippen molar-refractivity contribution >= 4 is 27.4 Å². The number of hydrogen-bond donors (Lipinski definition) is 1. The van der Waals surface area contributed by atoms with Crippen molar-refractivity contribution in [2.45, 2.75) is 25.2 Å². The molecule has 3 aromatic carbocycles. The summed E-state index contributed by atoms with van der Waals surface area (Å²) in [5, 5.41) is 2.65. The van der Waals surface area contributed by atoms with Gasteiger partial charge in [0.05, 0.1) is 4.90 Å². The first-order valence-electron chi connectivity index (χ1n) is 13.0. The van der Waals surface area contributed by atoms with Gasteiger partial charge in [-0.05, 0) is 48.9 Å². The molecule has 10 heteroatoms. The number of hydrogen-bond acceptors (Lipinski definition) is 6. The average molecular weight is 560 g/mol. The zero-order valence-electron chi connectivity index (χ0n) is 22.3. The number of aromatic nitrogens is 2. The third-order valence-electron chi connectivity index (χ3n) is 6.85. The quantitative estimate of drug-likeness (QED) is 0.354. The lowest BCUT2D eigenvalue weighted by Gasteiger charge is -2.36. The number of amides is 1. The summed E-state index contributed by atoms with van der Waals surface area (Å²) in [4.78, 5) is 23.2. The van der Waals surface area contributed by atoms with Gasteiger partial charge in [-0.15, -0.1) is 0 Å². The van der Waals surface area contributed by atoms with E-state index in [9.17, 15) is 17.6 Å². The van der Waals surface area contributed by atoms with E-state index >= 15 is 0 Å². The van der Waals surface area contributed by atoms with Crippen molar-refractivity contribution in [2.24, 2.45) is 0 Å². The minimum absolute atomic E-state index is 0.172. The Morgan fingerprint density at radius 2 is 1.62 bits per heavy atom. The van der Waals surface area contributed by atoms with Crippen molar-refractivity contribution in [1.82, 2.24) is 14.3 Å². The Balaban J connectivity index is 1.42. The second-order valence-corrected chi connectivity index (χ2v) is 11.6. The number of aryl methyl sites for hydroxylation is 1. The van der Waals surface area contributed by atoms with E-state index in [1.165, 1.54) is 35.5 Å². The molecule has 1 aromatic heterocycles. The largest absolute Gasteiger partial charge is 0.354 e. The lowest BCUT2D eigenvalue weighted by molar-refractivity contribution is -0.114. The monoisotopic (exact) mass is 559 g/mol. The van der Waals surface area contributed by atoms with Gasteiger partial charge in [-0.1, -0.05) is 42.5 Å². The van der Waals surface area contributed by atoms with Gasteiger partial charge in [-0.3, -0.25) is 4.79 Å². The summed E-state index contributed by atoms with van der Waals surface area (Å²) >= 11 is 0. The number of sulfonamides is 1. The molecule has 0 spiro atoms. The van der Waals surface area contributed by atoms with Gasteiger partial charge >= 0.3 is 0 Å². The molecule has 1 aliphatic rings. The van der Waals surface area contributed by atoms with Crippen LogP contribution in [0.5, 0.6) is 0 Å². The Bertz CT molecular complexity index is 1620. The van der Waals surface area contributed by atoms with Crippen LogP contribution in [0, 0.1) is 12.7 Å². The van der Waals surface area contributed by atoms with Crippen molar-refractivity contribution in [3.05, 3.63) is 102 Å². The van der Waals surface area contributed by atoms with Crippen LogP contribution in [-0.4, -0.2) is 54.8 Å². The summed E-state index contributed by atoms with van der Waals surface area (Å²) < 4.78 is 42.2. The third kappa shape index (κ3) is 6.03. The first-order chi connectivity index (χ1) is 19.2. The average Bonchev–Trinajstić information content (AvgIpc) is 2.94. The van der Waals surface area contributed by atoms with Crippen LogP contribution in [-0.2, 0) is 21.2 Å². The number of carbonyl (C=O) groups excluding carboxylic acids is 1. The number of piperazine rings is 1. The van der Waals surface area contributed by atoms with Gasteiger partial charge in [0.25, 0.3) is 0 Å². The maximum atomic E-state index is 14.0. The van der Waals surface area contributed by atoms with Crippen molar-refractivity contribution in [2.75, 3.05) is 36.4 Å². The molecule has 1 amide bonds. The van der Waals surface area contributed by atoms with Gasteiger partial charge < -0.3 is 10.2 Å². The summed E-state index contributed by atoms with van der Waals surface area (Å²) in [5.41, 5.74) is 3.98. The van der Waals surface area contributed by atoms with E-state index in [1.807, 2.05) is 37.3 Å². The Morgan fingerprint density at radius 1 is 0.925 bits per heavy atom. The van der Waals surface area contributed by atoms with E-state index in [-0.39, 0.29) is 29.7 Å². The van der Waals surface area contributed by atoms with E-state index in [1.54, 1.807) is 24.3 Å². The van der Waals surface area contributed by atoms with E-state index in [0.29, 0.717) is 36.6 Å². The molecule has 8 nitrogen and oxygen atoms in total. The molecule has 2 heterocycles. The zero-order valence-corrected chi connectivity index (χ0v) is 23.2. The van der Waals surface area contributed by atoms with Crippen molar-refractivity contribution in [3.63, 3.8) is 0 Å². The summed E-state index contributed by atoms with van der Waals surface area (Å²) in [5.74, 6) is 0.571. The highest BCUT2D eigenvalue weighted by Crippen LogP contribution is 2.29. The summed E-state index contributed by atoms with van der Waals surface area (Å²) in [6.45, 7) is 4.75. The fraction of sp³-hybridized carbons (Fsp3) is 0.233. The smallest absolute Gasteiger partial charge is 0.243 e. The van der Waals surface area contributed by atoms with Crippen molar-refractivity contribution in [1.29, 1.82) is 0 Å². The van der Waals surface area contributed by atoms with Crippen LogP contribution in [0.3, 0.4) is 0 Å². The molecule has 1 saturated heterocycles. The lowest BCUT2D eigenvalue weighted by Crippen LogP contribution is -2.49. The number of halogens is 1. The Labute approximate surface area is 233 Å². The summed E-state index contributed by atoms with van der Waals surface area (Å²) in [7, 11) is -3.72. The van der Waals surface area contributed by atoms with Gasteiger partial charge in [0.2, 0.25) is 15.9 Å². The number of rotatable bonds is 7. The van der Waals surface area contributed by atoms with Crippen LogP contribution in [0.1, 0.15) is 23.7 Å². The molecular formula is C30H30FN5O3S. The first kappa shape index (κ1) is 27.4. The number of nitrogens with one attached hydrogen (secondary N) is 1. The van der Waals surface area contributed by atoms with Crippen LogP contribution in [0.15, 0.2) is 83.8 Å². The normalized spacial score (nSPS) is 14.2. The molecule has 4 aromatic rings. The molecule has 40 heavy (non-hydrogen) atoms. The highest BCUT2D eigenvalue weighted by atomic mass is 32.2. The van der Waals surface area contributed by atoms with E-state index in [4.69, 9.17) is 9.97 Å². The van der Waals surface area contributed by atoms with E-state index < -0.39 is 10.0 Å². The predicted octanol–water partition coefficient (Wildman–Crippen LogP) is 4.65. The van der Waals surface area contributed by atoms with Gasteiger partial charge in [0.15, 0.2) is 5.82 Å². The molecule has 1 N–H and O–H groups in total. The lowest BCUT2D eigenvalue weighted by atomic mass is 10.0. The van der Waals surface area contributed by atoms with Crippen molar-refractivity contribution < 1.29 is 17.6 Å². The maximum absolute atomic E-state index is 14.0. The molecule has 206 valence electrons. The SMILES string of the molecule is CC(=O)Nc1ccc(S(=O)(=O)N2CCN(c3nc(-c4cccc(F)c4)nc(C)c3Cc3ccccc3)CC2)cc1. The molecule has 0 unspecified atom stereocenters. The fourth-order valence-electron chi connectivity index (χ4n) is 4.81. The fourth-order valence-corrected chi connectivity index (χ4v) is 6.23. The minimum atomic E-state index is -3.72. The third-order valence-corrected chi connectivity index (χ3v) is 8.76. The molecule has 0 atom stereocenters. The summed E-state index contributed by atoms with van der Waals surface area (Å²) in [6.07, 6.45) is 0.616. The van der Waals surface area contributed by atoms with Crippen LogP contribution >= 0.6 is 0 Å². The zero-order chi connectivity index (χ0) is 28.3. The minimum Gasteiger partial charge on any atom is -0.354 e. The number of benzene rings is 3. The molecule has 0 aliphatic carbocycles. The van der Waals surface area contributed by atoms with Gasteiger partial charge in [-0.2, -0.15) is 4.31 Å². The van der Waals surface area contributed by atoms with Crippen LogP contribution < -0.4 is 10.2 Å². The Kier molecular flexibility index (Phi) is 7.90. The number of nitrogens with zero attached hydrogens (tertiary/aromatic N) is 4. The second kappa shape index (κ2) is 11.5. The molecule has 0 bridgehead atoms. The Morgan fingerprint density at radius 3 is 2.27 bits per heavy atom. The predicted molar refractivity (Wildman–Crippen MR) is 153 cm³/mol. The van der Waals surface area contributed by atoms with E-state index in [2.05, 4.69) is 10.2 Å². The number of carbonyl (C=O) groups is 1. The van der Waals surface area contributed by atoms with Crippen LogP contribution in [0.25, 0.3) is 11.4 Å². The van der Waals surface area contributed by atoms with Crippen LogP contribution in [0.4, 0.5) is 15.9 Å². The maximum Gasteiger partial charge on any atom is 0.243 e. The first-order valence-corrected chi connectivity index (χ1v) is 14.4. The standard InChI is InChI=1S/C30H30FN5O3S/c1-21-28(19-23-7-4-3-5-8-23)30(34-29(32-21)24-9-6-10-25(31)20-24)35-15-17-36(18-16-35)40(38,39)27-13-11-26(12-14-27)33-22(2)37/h3-14,20H,15-19H2,1-2H3,(H,33,37). The molecule has 5 rings (SSSR count). The topological polar surface area (TPSA) is 95.5 Å². The molecule has 0 radical (unpaired) electrons. The van der Waals surface area contributed by atoms with Gasteiger partial charge in [0.1, 0.15) is 11.6 Å². The summed E-state index contributed by atoms with van der Waals surface area (Å²) in [6, 6.07) is 22.4. The molecular weight excluding hydrogens is 529 g/mol. The van der Waals surface area contributed by atoms with Crippen LogP contribution in [0.2, 0.25) is 0 Å². The second-order valence-electron chi connectivity index (χ2n) is 9.70.